The van der Waals surface area contributed by atoms with E-state index in [2.05, 4.69) is 80.1 Å². The van der Waals surface area contributed by atoms with Crippen LogP contribution < -0.4 is 5.32 Å². The average Bonchev–Trinajstić information content (AvgIpc) is 3.16. The molecule has 3 aromatic rings. The number of aromatic amines is 1. The first-order valence-corrected chi connectivity index (χ1v) is 8.46. The maximum atomic E-state index is 4.18. The Morgan fingerprint density at radius 3 is 2.81 bits per heavy atom. The highest BCUT2D eigenvalue weighted by Gasteiger charge is 2.10. The fourth-order valence-corrected chi connectivity index (χ4v) is 3.23. The summed E-state index contributed by atoms with van der Waals surface area (Å²) in [5.74, 6) is 0. The van der Waals surface area contributed by atoms with E-state index in [0.29, 0.717) is 6.04 Å². The number of H-pyrrole nitrogens is 1. The van der Waals surface area contributed by atoms with Crippen LogP contribution in [0, 0.1) is 0 Å². The summed E-state index contributed by atoms with van der Waals surface area (Å²) in [6.07, 6.45) is 1.90. The third-order valence-corrected chi connectivity index (χ3v) is 4.87. The number of hydrogen-bond acceptors (Lipinski definition) is 3. The Bertz CT molecular complexity index is 689. The van der Waals surface area contributed by atoms with Crippen molar-refractivity contribution in [3.63, 3.8) is 0 Å². The van der Waals surface area contributed by atoms with E-state index in [1.54, 1.807) is 11.3 Å². The van der Waals surface area contributed by atoms with E-state index in [1.165, 1.54) is 16.0 Å². The van der Waals surface area contributed by atoms with Gasteiger partial charge in [0.15, 0.2) is 0 Å². The molecule has 1 aromatic carbocycles. The normalized spacial score (nSPS) is 12.5. The molecule has 3 rings (SSSR count). The van der Waals surface area contributed by atoms with E-state index >= 15 is 0 Å². The van der Waals surface area contributed by atoms with Crippen LogP contribution >= 0.6 is 27.3 Å². The van der Waals surface area contributed by atoms with Crippen molar-refractivity contribution in [1.82, 2.24) is 15.5 Å². The third-order valence-electron chi connectivity index (χ3n) is 3.45. The molecule has 0 saturated heterocycles. The van der Waals surface area contributed by atoms with E-state index < -0.39 is 0 Å². The van der Waals surface area contributed by atoms with Gasteiger partial charge in [0.25, 0.3) is 0 Å². The van der Waals surface area contributed by atoms with Crippen molar-refractivity contribution >= 4 is 27.3 Å². The highest BCUT2D eigenvalue weighted by atomic mass is 79.9. The van der Waals surface area contributed by atoms with Crippen LogP contribution in [-0.4, -0.2) is 10.2 Å². The van der Waals surface area contributed by atoms with Crippen molar-refractivity contribution < 1.29 is 0 Å². The zero-order chi connectivity index (χ0) is 14.7. The second-order valence-electron chi connectivity index (χ2n) is 4.90. The van der Waals surface area contributed by atoms with Gasteiger partial charge in [-0.15, -0.1) is 11.3 Å². The molecule has 0 aliphatic carbocycles. The summed E-state index contributed by atoms with van der Waals surface area (Å²) in [7, 11) is 0. The zero-order valence-electron chi connectivity index (χ0n) is 11.6. The molecule has 2 heterocycles. The van der Waals surface area contributed by atoms with Gasteiger partial charge in [-0.05, 0) is 36.1 Å². The molecule has 0 aliphatic rings. The van der Waals surface area contributed by atoms with Crippen LogP contribution in [-0.2, 0) is 6.54 Å². The number of nitrogens with one attached hydrogen (secondary N) is 2. The number of aromatic nitrogens is 2. The molecular weight excluding hydrogens is 346 g/mol. The lowest BCUT2D eigenvalue weighted by atomic mass is 10.1. The minimum absolute atomic E-state index is 0.296. The number of thiophene rings is 1. The first-order valence-electron chi connectivity index (χ1n) is 6.79. The number of nitrogens with zero attached hydrogens (tertiary/aromatic N) is 1. The van der Waals surface area contributed by atoms with Gasteiger partial charge in [0.2, 0.25) is 0 Å². The van der Waals surface area contributed by atoms with E-state index in [0.717, 1.165) is 16.7 Å². The predicted octanol–water partition coefficient (Wildman–Crippen LogP) is 4.75. The van der Waals surface area contributed by atoms with Gasteiger partial charge < -0.3 is 5.32 Å². The quantitative estimate of drug-likeness (QED) is 0.688. The van der Waals surface area contributed by atoms with Crippen molar-refractivity contribution in [3.8, 4) is 10.6 Å². The smallest absolute Gasteiger partial charge is 0.0794 e. The first kappa shape index (κ1) is 14.5. The largest absolute Gasteiger partial charge is 0.306 e. The molecular formula is C16H16BrN3S. The molecule has 0 aliphatic heterocycles. The minimum Gasteiger partial charge on any atom is -0.306 e. The van der Waals surface area contributed by atoms with E-state index in [4.69, 9.17) is 0 Å². The van der Waals surface area contributed by atoms with Crippen molar-refractivity contribution in [2.24, 2.45) is 0 Å². The monoisotopic (exact) mass is 361 g/mol. The number of hydrogen-bond donors (Lipinski definition) is 2. The summed E-state index contributed by atoms with van der Waals surface area (Å²) < 4.78 is 1.10. The minimum atomic E-state index is 0.296. The van der Waals surface area contributed by atoms with Gasteiger partial charge in [-0.3, -0.25) is 5.10 Å². The molecule has 0 spiro atoms. The molecule has 3 nitrogen and oxygen atoms in total. The average molecular weight is 362 g/mol. The van der Waals surface area contributed by atoms with Crippen LogP contribution in [0.3, 0.4) is 0 Å². The van der Waals surface area contributed by atoms with Gasteiger partial charge in [0.1, 0.15) is 0 Å². The van der Waals surface area contributed by atoms with Gasteiger partial charge in [-0.2, -0.15) is 5.10 Å². The van der Waals surface area contributed by atoms with Crippen molar-refractivity contribution in [1.29, 1.82) is 0 Å². The molecule has 0 saturated carbocycles. The molecule has 108 valence electrons. The maximum absolute atomic E-state index is 4.18. The summed E-state index contributed by atoms with van der Waals surface area (Å²) in [4.78, 5) is 1.22. The van der Waals surface area contributed by atoms with E-state index in [-0.39, 0.29) is 0 Å². The van der Waals surface area contributed by atoms with Crippen LogP contribution in [0.15, 0.2) is 52.4 Å². The molecule has 5 heteroatoms. The van der Waals surface area contributed by atoms with Gasteiger partial charge in [0.05, 0.1) is 16.8 Å². The Kier molecular flexibility index (Phi) is 4.53. The van der Waals surface area contributed by atoms with E-state index in [1.807, 2.05) is 6.20 Å². The Labute approximate surface area is 136 Å². The van der Waals surface area contributed by atoms with Crippen LogP contribution in [0.25, 0.3) is 10.6 Å². The lowest BCUT2D eigenvalue weighted by molar-refractivity contribution is 0.575. The van der Waals surface area contributed by atoms with Crippen molar-refractivity contribution in [2.75, 3.05) is 0 Å². The van der Waals surface area contributed by atoms with Crippen LogP contribution in [0.5, 0.6) is 0 Å². The number of halogens is 1. The molecule has 0 radical (unpaired) electrons. The fourth-order valence-electron chi connectivity index (χ4n) is 2.21. The van der Waals surface area contributed by atoms with Gasteiger partial charge >= 0.3 is 0 Å². The summed E-state index contributed by atoms with van der Waals surface area (Å²) in [5, 5.41) is 12.9. The maximum Gasteiger partial charge on any atom is 0.0794 e. The molecule has 0 bridgehead atoms. The van der Waals surface area contributed by atoms with Crippen LogP contribution in [0.1, 0.15) is 24.1 Å². The molecule has 2 N–H and O–H groups in total. The summed E-state index contributed by atoms with van der Waals surface area (Å²) in [5.41, 5.74) is 3.58. The van der Waals surface area contributed by atoms with Gasteiger partial charge in [0, 0.05) is 22.6 Å². The summed E-state index contributed by atoms with van der Waals surface area (Å²) >= 11 is 5.19. The van der Waals surface area contributed by atoms with Crippen molar-refractivity contribution in [3.05, 3.63) is 63.6 Å². The first-order chi connectivity index (χ1) is 10.2. The summed E-state index contributed by atoms with van der Waals surface area (Å²) in [6.45, 7) is 2.97. The highest BCUT2D eigenvalue weighted by Crippen LogP contribution is 2.26. The second-order valence-corrected chi connectivity index (χ2v) is 6.77. The van der Waals surface area contributed by atoms with E-state index in [9.17, 15) is 0 Å². The Balaban J connectivity index is 1.68. The summed E-state index contributed by atoms with van der Waals surface area (Å²) in [6, 6.07) is 12.9. The Hall–Kier alpha value is -1.43. The zero-order valence-corrected chi connectivity index (χ0v) is 14.0. The molecule has 0 fully saturated rings. The molecule has 0 unspecified atom stereocenters. The molecule has 0 amide bonds. The lowest BCUT2D eigenvalue weighted by Gasteiger charge is -2.14. The van der Waals surface area contributed by atoms with Crippen molar-refractivity contribution in [2.45, 2.75) is 19.5 Å². The molecule has 21 heavy (non-hydrogen) atoms. The number of benzene rings is 1. The molecule has 1 atom stereocenters. The predicted molar refractivity (Wildman–Crippen MR) is 91.3 cm³/mol. The Morgan fingerprint density at radius 1 is 1.29 bits per heavy atom. The second kappa shape index (κ2) is 6.56. The molecule has 2 aromatic heterocycles. The number of rotatable bonds is 5. The van der Waals surface area contributed by atoms with Gasteiger partial charge in [-0.25, -0.2) is 0 Å². The van der Waals surface area contributed by atoms with Crippen LogP contribution in [0.2, 0.25) is 0 Å². The Morgan fingerprint density at radius 2 is 2.10 bits per heavy atom. The standard InChI is InChI=1S/C16H16BrN3S/c1-11(12-4-6-14(17)7-5-12)18-9-13-10-19-20-16(13)15-3-2-8-21-15/h2-8,10-11,18H,9H2,1H3,(H,19,20)/t11-/m1/s1. The topological polar surface area (TPSA) is 40.7 Å². The van der Waals surface area contributed by atoms with Gasteiger partial charge in [-0.1, -0.05) is 34.1 Å². The SMILES string of the molecule is C[C@@H](NCc1cn[nH]c1-c1cccs1)c1ccc(Br)cc1. The van der Waals surface area contributed by atoms with Crippen LogP contribution in [0.4, 0.5) is 0 Å². The highest BCUT2D eigenvalue weighted by molar-refractivity contribution is 9.10. The third kappa shape index (κ3) is 3.43. The lowest BCUT2D eigenvalue weighted by Crippen LogP contribution is -2.18. The fraction of sp³-hybridized carbons (Fsp3) is 0.188.